The smallest absolute Gasteiger partial charge is 0.143 e. The molecule has 0 atom stereocenters. The van der Waals surface area contributed by atoms with Crippen LogP contribution < -0.4 is 9.80 Å². The second-order valence-electron chi connectivity index (χ2n) is 26.4. The van der Waals surface area contributed by atoms with E-state index in [-0.39, 0.29) is 0 Å². The molecule has 6 heteroatoms. The topological polar surface area (TPSA) is 42.6 Å². The monoisotopic (exact) mass is 1300 g/mol. The first kappa shape index (κ1) is 58.5. The first-order valence-electron chi connectivity index (χ1n) is 34.8. The van der Waals surface area contributed by atoms with E-state index < -0.39 is 0 Å². The Morgan fingerprint density at radius 2 is 0.461 bits per heavy atom. The van der Waals surface area contributed by atoms with Crippen LogP contribution in [-0.4, -0.2) is 9.13 Å². The van der Waals surface area contributed by atoms with Crippen molar-refractivity contribution in [3.63, 3.8) is 0 Å². The van der Waals surface area contributed by atoms with Crippen molar-refractivity contribution in [2.24, 2.45) is 0 Å². The van der Waals surface area contributed by atoms with Gasteiger partial charge in [0.25, 0.3) is 0 Å². The predicted octanol–water partition coefficient (Wildman–Crippen LogP) is 27.0. The highest BCUT2D eigenvalue weighted by Crippen LogP contribution is 2.45. The van der Waals surface area contributed by atoms with Crippen LogP contribution in [0.4, 0.5) is 34.1 Å². The lowest BCUT2D eigenvalue weighted by Gasteiger charge is -2.27. The van der Waals surface area contributed by atoms with E-state index in [0.717, 1.165) is 134 Å². The molecule has 4 heterocycles. The van der Waals surface area contributed by atoms with E-state index in [9.17, 15) is 0 Å². The number of furan rings is 2. The molecule has 16 aromatic carbocycles. The van der Waals surface area contributed by atoms with E-state index in [1.54, 1.807) is 0 Å². The lowest BCUT2D eigenvalue weighted by molar-refractivity contribution is 0.669. The highest BCUT2D eigenvalue weighted by molar-refractivity contribution is 6.13. The van der Waals surface area contributed by atoms with E-state index in [0.29, 0.717) is 0 Å². The largest absolute Gasteiger partial charge is 0.455 e. The molecule has 102 heavy (non-hydrogen) atoms. The number of nitrogens with zero attached hydrogens (tertiary/aromatic N) is 4. The average molecular weight is 1300 g/mol. The van der Waals surface area contributed by atoms with Crippen molar-refractivity contribution in [3.8, 4) is 67.0 Å². The van der Waals surface area contributed by atoms with E-state index in [1.807, 2.05) is 24.3 Å². The van der Waals surface area contributed by atoms with Crippen molar-refractivity contribution in [2.45, 2.75) is 0 Å². The first-order chi connectivity index (χ1) is 50.6. The van der Waals surface area contributed by atoms with Crippen LogP contribution in [0.1, 0.15) is 0 Å². The summed E-state index contributed by atoms with van der Waals surface area (Å²) in [6, 6.07) is 136. The van der Waals surface area contributed by atoms with E-state index in [1.165, 1.54) is 54.7 Å². The summed E-state index contributed by atoms with van der Waals surface area (Å²) in [5.74, 6) is 0. The fraction of sp³-hybridized carbons (Fsp3) is 0. The molecular weight excluding hydrogens is 1240 g/mol. The molecule has 0 saturated carbocycles. The van der Waals surface area contributed by atoms with Crippen molar-refractivity contribution in [1.82, 2.24) is 9.13 Å². The van der Waals surface area contributed by atoms with Crippen molar-refractivity contribution in [3.05, 3.63) is 376 Å². The zero-order valence-electron chi connectivity index (χ0n) is 55.4. The van der Waals surface area contributed by atoms with Gasteiger partial charge in [0.2, 0.25) is 0 Å². The molecule has 0 fully saturated rings. The molecule has 0 saturated heterocycles. The third-order valence-electron chi connectivity index (χ3n) is 20.6. The van der Waals surface area contributed by atoms with Gasteiger partial charge in [-0.2, -0.15) is 0 Å². The molecule has 0 aliphatic rings. The lowest BCUT2D eigenvalue weighted by atomic mass is 10.0. The summed E-state index contributed by atoms with van der Waals surface area (Å²) < 4.78 is 17.8. The van der Waals surface area contributed by atoms with Gasteiger partial charge in [-0.3, -0.25) is 0 Å². The summed E-state index contributed by atoms with van der Waals surface area (Å²) in [5.41, 5.74) is 28.0. The summed E-state index contributed by atoms with van der Waals surface area (Å²) in [4.78, 5) is 4.71. The van der Waals surface area contributed by atoms with Gasteiger partial charge in [0.05, 0.1) is 22.1 Å². The molecule has 20 rings (SSSR count). The van der Waals surface area contributed by atoms with Gasteiger partial charge in [-0.25, -0.2) is 0 Å². The summed E-state index contributed by atoms with van der Waals surface area (Å²) in [6.07, 6.45) is 0. The minimum absolute atomic E-state index is 0.887. The van der Waals surface area contributed by atoms with Crippen molar-refractivity contribution >= 4 is 122 Å². The van der Waals surface area contributed by atoms with Crippen molar-refractivity contribution in [2.75, 3.05) is 9.80 Å². The van der Waals surface area contributed by atoms with Gasteiger partial charge in [0, 0.05) is 99.7 Å². The minimum Gasteiger partial charge on any atom is -0.455 e. The molecule has 0 N–H and O–H groups in total. The predicted molar refractivity (Wildman–Crippen MR) is 426 cm³/mol. The van der Waals surface area contributed by atoms with Crippen LogP contribution in [-0.2, 0) is 0 Å². The molecule has 0 unspecified atom stereocenters. The van der Waals surface area contributed by atoms with Gasteiger partial charge >= 0.3 is 0 Å². The third-order valence-corrected chi connectivity index (χ3v) is 20.6. The maximum Gasteiger partial charge on any atom is 0.143 e. The Bertz CT molecular complexity index is 6210. The van der Waals surface area contributed by atoms with Gasteiger partial charge in [0.15, 0.2) is 0 Å². The molecule has 0 amide bonds. The van der Waals surface area contributed by atoms with Crippen LogP contribution in [0, 0.1) is 0 Å². The van der Waals surface area contributed by atoms with Gasteiger partial charge in [-0.15, -0.1) is 0 Å². The fourth-order valence-electron chi connectivity index (χ4n) is 15.7. The molecule has 0 radical (unpaired) electrons. The summed E-state index contributed by atoms with van der Waals surface area (Å²) in [6.45, 7) is 0. The Morgan fingerprint density at radius 3 is 0.824 bits per heavy atom. The third kappa shape index (κ3) is 9.87. The maximum atomic E-state index is 6.53. The Labute approximate surface area is 588 Å². The molecule has 0 spiro atoms. The van der Waals surface area contributed by atoms with Gasteiger partial charge < -0.3 is 27.8 Å². The van der Waals surface area contributed by atoms with Crippen LogP contribution >= 0.6 is 0 Å². The fourth-order valence-corrected chi connectivity index (χ4v) is 15.7. The molecule has 0 aliphatic heterocycles. The second-order valence-corrected chi connectivity index (χ2v) is 26.4. The number of fused-ring (bicyclic) bond motifs is 12. The normalized spacial score (nSPS) is 11.7. The van der Waals surface area contributed by atoms with Crippen LogP contribution in [0.25, 0.3) is 154 Å². The number of para-hydroxylation sites is 8. The quantitative estimate of drug-likeness (QED) is 0.115. The highest BCUT2D eigenvalue weighted by atomic mass is 16.3. The number of hydrogen-bond donors (Lipinski definition) is 0. The van der Waals surface area contributed by atoms with Crippen LogP contribution in [0.5, 0.6) is 0 Å². The van der Waals surface area contributed by atoms with E-state index in [2.05, 4.69) is 371 Å². The molecular formula is C96H62N4O2. The van der Waals surface area contributed by atoms with Crippen LogP contribution in [0.2, 0.25) is 0 Å². The number of anilines is 6. The zero-order valence-corrected chi connectivity index (χ0v) is 55.4. The van der Waals surface area contributed by atoms with E-state index in [4.69, 9.17) is 8.83 Å². The summed E-state index contributed by atoms with van der Waals surface area (Å²) in [5, 5.41) is 9.38. The Morgan fingerprint density at radius 1 is 0.186 bits per heavy atom. The van der Waals surface area contributed by atoms with Gasteiger partial charge in [-0.1, -0.05) is 231 Å². The standard InChI is InChI=1S/C96H62N4O2/c1-3-17-71(18-4-1)99-89-29-11-7-21-81(89)87-61-69(45-59-91(87)99)65-37-51-75(52-38-65)97(76-53-39-66(40-54-76)70-46-60-92-88(62-70)82-22-8-12-30-90(82)100(92)72-19-5-2-6-20-72)73-47-33-63(34-48-73)64-35-49-74(50-36-64)98(77-55-41-67(42-56-77)79-25-15-27-85-83-23-9-13-31-93(83)101-95(79)85)78-57-43-68(44-58-78)80-26-16-28-86-84-24-10-14-32-94(84)102-96(80)86/h1-62H. The second kappa shape index (κ2) is 24.1. The van der Waals surface area contributed by atoms with Gasteiger partial charge in [0.1, 0.15) is 22.3 Å². The number of hydrogen-bond acceptors (Lipinski definition) is 4. The number of benzene rings is 16. The first-order valence-corrected chi connectivity index (χ1v) is 34.8. The van der Waals surface area contributed by atoms with Crippen molar-refractivity contribution in [1.29, 1.82) is 0 Å². The molecule has 20 aromatic rings. The Hall–Kier alpha value is -13.7. The Kier molecular flexibility index (Phi) is 13.8. The summed E-state index contributed by atoms with van der Waals surface area (Å²) in [7, 11) is 0. The number of rotatable bonds is 13. The van der Waals surface area contributed by atoms with Crippen molar-refractivity contribution < 1.29 is 8.83 Å². The van der Waals surface area contributed by atoms with E-state index >= 15 is 0 Å². The molecule has 4 aromatic heterocycles. The highest BCUT2D eigenvalue weighted by Gasteiger charge is 2.22. The molecule has 0 aliphatic carbocycles. The molecule has 6 nitrogen and oxygen atoms in total. The lowest BCUT2D eigenvalue weighted by Crippen LogP contribution is -2.10. The maximum absolute atomic E-state index is 6.53. The minimum atomic E-state index is 0.887. The van der Waals surface area contributed by atoms with Crippen LogP contribution in [0.15, 0.2) is 385 Å². The van der Waals surface area contributed by atoms with Gasteiger partial charge in [-0.05, 0) is 190 Å². The summed E-state index contributed by atoms with van der Waals surface area (Å²) >= 11 is 0. The Balaban J connectivity index is 0.648. The number of aromatic nitrogens is 2. The zero-order chi connectivity index (χ0) is 67.2. The van der Waals surface area contributed by atoms with Crippen LogP contribution in [0.3, 0.4) is 0 Å². The molecule has 478 valence electrons. The average Bonchev–Trinajstić information content (AvgIpc) is 1.47. The molecule has 0 bridgehead atoms. The SMILES string of the molecule is c1ccc(-n2c3ccccc3c3cc(-c4ccc(N(c5ccc(-c6ccc(N(c7ccc(-c8cccc9c8oc8ccccc89)cc7)c7ccc(-c8cccc9c8oc8ccccc89)cc7)cc6)cc5)c5ccc(-c6ccc7c(c6)c6ccccc6n7-c6ccccc6)cc5)cc4)ccc32)cc1.